The summed E-state index contributed by atoms with van der Waals surface area (Å²) in [4.78, 5) is 23.0. The average Bonchev–Trinajstić information content (AvgIpc) is 3.18. The van der Waals surface area contributed by atoms with Crippen LogP contribution in [-0.2, 0) is 14.3 Å². The summed E-state index contributed by atoms with van der Waals surface area (Å²) in [6.07, 6.45) is 4.65. The van der Waals surface area contributed by atoms with Crippen molar-refractivity contribution in [2.24, 2.45) is 17.7 Å². The number of nitrogens with two attached hydrogens (primary N) is 1. The maximum absolute atomic E-state index is 11.8. The first-order valence-corrected chi connectivity index (χ1v) is 9.15. The van der Waals surface area contributed by atoms with E-state index in [1.165, 1.54) is 12.8 Å². The molecule has 0 spiro atoms. The monoisotopic (exact) mass is 344 g/mol. The summed E-state index contributed by atoms with van der Waals surface area (Å²) in [6.45, 7) is 11.4. The Morgan fingerprint density at radius 1 is 1.08 bits per heavy atom. The van der Waals surface area contributed by atoms with E-state index in [0.29, 0.717) is 5.92 Å². The van der Waals surface area contributed by atoms with Gasteiger partial charge in [0, 0.05) is 19.0 Å². The van der Waals surface area contributed by atoms with Crippen LogP contribution in [0.4, 0.5) is 0 Å². The van der Waals surface area contributed by atoms with Crippen LogP contribution in [0.1, 0.15) is 53.4 Å². The molecule has 24 heavy (non-hydrogen) atoms. The molecule has 1 heterocycles. The number of ether oxygens (including phenoxy) is 1. The number of morpholine rings is 1. The van der Waals surface area contributed by atoms with Gasteiger partial charge in [-0.25, -0.2) is 5.84 Å². The van der Waals surface area contributed by atoms with Crippen molar-refractivity contribution in [2.75, 3.05) is 26.3 Å². The Labute approximate surface area is 146 Å². The lowest BCUT2D eigenvalue weighted by atomic mass is 9.91. The second-order valence-electron chi connectivity index (χ2n) is 5.93. The van der Waals surface area contributed by atoms with E-state index in [0.717, 1.165) is 39.1 Å². The van der Waals surface area contributed by atoms with Crippen LogP contribution in [0.5, 0.6) is 0 Å². The van der Waals surface area contributed by atoms with E-state index in [9.17, 15) is 9.59 Å². The first-order chi connectivity index (χ1) is 11.6. The van der Waals surface area contributed by atoms with E-state index in [1.807, 2.05) is 26.2 Å². The molecule has 0 bridgehead atoms. The molecule has 0 aromatic carbocycles. The van der Waals surface area contributed by atoms with Crippen LogP contribution in [0.25, 0.3) is 0 Å². The first-order valence-electron chi connectivity index (χ1n) is 9.15. The molecule has 7 heteroatoms. The number of carbonyl (C=O) groups is 2. The van der Waals surface area contributed by atoms with Gasteiger partial charge in [-0.1, -0.05) is 33.6 Å². The molecule has 2 atom stereocenters. The van der Waals surface area contributed by atoms with Crippen LogP contribution in [0, 0.1) is 11.8 Å². The highest BCUT2D eigenvalue weighted by atomic mass is 16.5. The molecule has 142 valence electrons. The molecule has 7 nitrogen and oxygen atoms in total. The molecule has 0 aromatic heterocycles. The van der Waals surface area contributed by atoms with Gasteiger partial charge in [0.1, 0.15) is 6.04 Å². The summed E-state index contributed by atoms with van der Waals surface area (Å²) in [5.41, 5.74) is 2.02. The van der Waals surface area contributed by atoms with Gasteiger partial charge in [0.05, 0.1) is 13.2 Å². The molecule has 1 aliphatic carbocycles. The minimum Gasteiger partial charge on any atom is -0.379 e. The smallest absolute Gasteiger partial charge is 0.256 e. The van der Waals surface area contributed by atoms with Gasteiger partial charge in [0.25, 0.3) is 5.91 Å². The normalized spacial score (nSPS) is 19.7. The lowest BCUT2D eigenvalue weighted by Crippen LogP contribution is -2.49. The van der Waals surface area contributed by atoms with Gasteiger partial charge in [-0.15, -0.1) is 0 Å². The van der Waals surface area contributed by atoms with E-state index in [4.69, 9.17) is 10.6 Å². The van der Waals surface area contributed by atoms with Crippen LogP contribution in [0.2, 0.25) is 0 Å². The predicted molar refractivity (Wildman–Crippen MR) is 96.1 cm³/mol. The van der Waals surface area contributed by atoms with Crippen LogP contribution < -0.4 is 21.9 Å². The molecule has 2 amide bonds. The minimum atomic E-state index is -0.568. The van der Waals surface area contributed by atoms with Crippen LogP contribution in [-0.4, -0.2) is 44.2 Å². The van der Waals surface area contributed by atoms with Gasteiger partial charge in [0.2, 0.25) is 5.91 Å². The second-order valence-corrected chi connectivity index (χ2v) is 5.93. The number of rotatable bonds is 4. The van der Waals surface area contributed by atoms with Crippen molar-refractivity contribution in [1.82, 2.24) is 16.1 Å². The van der Waals surface area contributed by atoms with Crippen molar-refractivity contribution in [3.8, 4) is 0 Å². The highest BCUT2D eigenvalue weighted by Crippen LogP contribution is 2.31. The Morgan fingerprint density at radius 3 is 2.00 bits per heavy atom. The summed E-state index contributed by atoms with van der Waals surface area (Å²) < 4.78 is 5.01. The van der Waals surface area contributed by atoms with Gasteiger partial charge >= 0.3 is 0 Å². The summed E-state index contributed by atoms with van der Waals surface area (Å²) in [7, 11) is 0. The summed E-state index contributed by atoms with van der Waals surface area (Å²) in [5, 5.41) is 5.84. The van der Waals surface area contributed by atoms with E-state index in [1.54, 1.807) is 6.92 Å². The Morgan fingerprint density at radius 2 is 1.62 bits per heavy atom. The second kappa shape index (κ2) is 14.2. The van der Waals surface area contributed by atoms with Crippen LogP contribution >= 0.6 is 0 Å². The number of carbonyl (C=O) groups excluding carboxylic acids is 2. The van der Waals surface area contributed by atoms with Crippen molar-refractivity contribution in [3.05, 3.63) is 0 Å². The minimum absolute atomic E-state index is 0.0180. The van der Waals surface area contributed by atoms with Crippen LogP contribution in [0.15, 0.2) is 0 Å². The summed E-state index contributed by atoms with van der Waals surface area (Å²) >= 11 is 0. The number of nitrogens with one attached hydrogen (secondary N) is 3. The Kier molecular flexibility index (Phi) is 13.5. The largest absolute Gasteiger partial charge is 0.379 e. The average molecular weight is 345 g/mol. The lowest BCUT2D eigenvalue weighted by Gasteiger charge is -2.20. The quantitative estimate of drug-likeness (QED) is 0.345. The molecule has 1 aliphatic heterocycles. The van der Waals surface area contributed by atoms with Crippen molar-refractivity contribution >= 4 is 11.8 Å². The molecular formula is C17H36N4O3. The van der Waals surface area contributed by atoms with Gasteiger partial charge in [-0.2, -0.15) is 0 Å². The summed E-state index contributed by atoms with van der Waals surface area (Å²) in [5.74, 6) is 5.02. The van der Waals surface area contributed by atoms with Gasteiger partial charge in [-0.05, 0) is 25.7 Å². The molecule has 1 saturated carbocycles. The van der Waals surface area contributed by atoms with Gasteiger partial charge in [-0.3, -0.25) is 15.0 Å². The molecule has 1 saturated heterocycles. The Balaban J connectivity index is 0.000000547. The number of hydrogen-bond donors (Lipinski definition) is 4. The third-order valence-corrected chi connectivity index (χ3v) is 4.26. The van der Waals surface area contributed by atoms with Gasteiger partial charge < -0.3 is 15.4 Å². The first kappa shape index (κ1) is 22.8. The fourth-order valence-corrected chi connectivity index (χ4v) is 2.72. The lowest BCUT2D eigenvalue weighted by molar-refractivity contribution is -0.131. The van der Waals surface area contributed by atoms with Crippen molar-refractivity contribution in [2.45, 2.75) is 59.4 Å². The standard InChI is InChI=1S/C11H21N3O2.C4H9NO.C2H6/c1-7(9-5-3-4-6-9)10(15)13-8(2)11(16)14-12;1-3-6-4-2-5-1;1-2/h7-9H,3-6,12H2,1-2H3,(H,13,15)(H,14,16);5H,1-4H2;1-2H3. The molecule has 2 rings (SSSR count). The van der Waals surface area contributed by atoms with E-state index >= 15 is 0 Å². The molecule has 5 N–H and O–H groups in total. The highest BCUT2D eigenvalue weighted by Gasteiger charge is 2.28. The van der Waals surface area contributed by atoms with E-state index < -0.39 is 6.04 Å². The van der Waals surface area contributed by atoms with Crippen molar-refractivity contribution in [3.63, 3.8) is 0 Å². The van der Waals surface area contributed by atoms with Crippen molar-refractivity contribution < 1.29 is 14.3 Å². The third kappa shape index (κ3) is 9.20. The maximum atomic E-state index is 11.8. The molecule has 2 unspecified atom stereocenters. The number of hydrazine groups is 1. The molecule has 2 fully saturated rings. The Bertz CT molecular complexity index is 331. The molecular weight excluding hydrogens is 308 g/mol. The molecule has 2 aliphatic rings. The van der Waals surface area contributed by atoms with E-state index in [-0.39, 0.29) is 17.7 Å². The zero-order valence-corrected chi connectivity index (χ0v) is 15.7. The SMILES string of the molecule is C1COCCN1.CC.CC(NC(=O)C(C)C1CCCC1)C(=O)NN. The zero-order chi connectivity index (χ0) is 18.4. The van der Waals surface area contributed by atoms with Gasteiger partial charge in [0.15, 0.2) is 0 Å². The molecule has 0 radical (unpaired) electrons. The zero-order valence-electron chi connectivity index (χ0n) is 15.7. The van der Waals surface area contributed by atoms with Crippen LogP contribution in [0.3, 0.4) is 0 Å². The Hall–Kier alpha value is -1.18. The van der Waals surface area contributed by atoms with Crippen molar-refractivity contribution in [1.29, 1.82) is 0 Å². The fourth-order valence-electron chi connectivity index (χ4n) is 2.72. The van der Waals surface area contributed by atoms with E-state index in [2.05, 4.69) is 10.6 Å². The third-order valence-electron chi connectivity index (χ3n) is 4.26. The maximum Gasteiger partial charge on any atom is 0.256 e. The summed E-state index contributed by atoms with van der Waals surface area (Å²) in [6, 6.07) is -0.568. The topological polar surface area (TPSA) is 105 Å². The molecule has 0 aromatic rings. The highest BCUT2D eigenvalue weighted by molar-refractivity contribution is 5.87. The number of amides is 2. The predicted octanol–water partition coefficient (Wildman–Crippen LogP) is 0.940. The number of hydrogen-bond acceptors (Lipinski definition) is 5. The fraction of sp³-hybridized carbons (Fsp3) is 0.882.